The van der Waals surface area contributed by atoms with Crippen LogP contribution >= 0.6 is 11.8 Å². The Morgan fingerprint density at radius 1 is 1.28 bits per heavy atom. The summed E-state index contributed by atoms with van der Waals surface area (Å²) in [6.07, 6.45) is -0.162. The van der Waals surface area contributed by atoms with Crippen LogP contribution < -0.4 is 0 Å². The maximum atomic E-state index is 12.7. The van der Waals surface area contributed by atoms with E-state index in [4.69, 9.17) is 5.11 Å². The van der Waals surface area contributed by atoms with Crippen molar-refractivity contribution in [3.8, 4) is 0 Å². The molecule has 0 aliphatic carbocycles. The van der Waals surface area contributed by atoms with Crippen LogP contribution in [0.25, 0.3) is 0 Å². The average Bonchev–Trinajstić information content (AvgIpc) is 2.24. The van der Waals surface area contributed by atoms with E-state index < -0.39 is 23.2 Å². The molecular weight excluding hydrogens is 272 g/mol. The fraction of sp³-hybridized carbons (Fsp3) is 0.364. The maximum absolute atomic E-state index is 12.7. The Labute approximate surface area is 105 Å². The third-order valence-electron chi connectivity index (χ3n) is 2.24. The van der Waals surface area contributed by atoms with Gasteiger partial charge in [-0.15, -0.1) is 0 Å². The monoisotopic (exact) mass is 282 g/mol. The van der Waals surface area contributed by atoms with Crippen molar-refractivity contribution in [1.29, 1.82) is 0 Å². The van der Waals surface area contributed by atoms with Crippen molar-refractivity contribution >= 4 is 17.7 Å². The van der Waals surface area contributed by atoms with Crippen LogP contribution in [0.4, 0.5) is 17.6 Å². The third-order valence-corrected chi connectivity index (χ3v) is 3.01. The van der Waals surface area contributed by atoms with Crippen LogP contribution in [-0.2, 0) is 4.79 Å². The Balaban J connectivity index is 2.66. The van der Waals surface area contributed by atoms with E-state index in [9.17, 15) is 22.4 Å². The fourth-order valence-corrected chi connectivity index (χ4v) is 2.01. The van der Waals surface area contributed by atoms with E-state index in [2.05, 4.69) is 0 Å². The predicted molar refractivity (Wildman–Crippen MR) is 59.9 cm³/mol. The summed E-state index contributed by atoms with van der Waals surface area (Å²) in [5.41, 5.74) is -4.07. The van der Waals surface area contributed by atoms with Gasteiger partial charge in [0, 0.05) is 5.75 Å². The molecule has 0 aliphatic rings. The zero-order valence-corrected chi connectivity index (χ0v) is 9.89. The highest BCUT2D eigenvalue weighted by Crippen LogP contribution is 2.33. The molecule has 1 aromatic rings. The van der Waals surface area contributed by atoms with Crippen molar-refractivity contribution in [3.05, 3.63) is 35.6 Å². The van der Waals surface area contributed by atoms with Gasteiger partial charge in [0.15, 0.2) is 0 Å². The number of hydrogen-bond donors (Lipinski definition) is 1. The second-order valence-corrected chi connectivity index (χ2v) is 4.69. The van der Waals surface area contributed by atoms with Crippen LogP contribution in [0.2, 0.25) is 0 Å². The minimum atomic E-state index is -4.37. The lowest BCUT2D eigenvalue weighted by molar-refractivity contribution is -0.138. The molecule has 1 atom stereocenters. The molecule has 0 amide bonds. The van der Waals surface area contributed by atoms with Gasteiger partial charge in [0.05, 0.1) is 5.92 Å². The molecule has 0 saturated heterocycles. The second kappa shape index (κ2) is 6.08. The first-order chi connectivity index (χ1) is 8.29. The molecule has 1 aromatic carbocycles. The quantitative estimate of drug-likeness (QED) is 0.838. The smallest absolute Gasteiger partial charge is 0.441 e. The highest BCUT2D eigenvalue weighted by molar-refractivity contribution is 8.00. The third kappa shape index (κ3) is 4.95. The lowest BCUT2D eigenvalue weighted by atomic mass is 9.97. The number of aliphatic carboxylic acids is 1. The van der Waals surface area contributed by atoms with Crippen molar-refractivity contribution in [2.24, 2.45) is 0 Å². The number of alkyl halides is 3. The molecule has 1 rings (SSSR count). The van der Waals surface area contributed by atoms with E-state index >= 15 is 0 Å². The topological polar surface area (TPSA) is 37.3 Å². The van der Waals surface area contributed by atoms with Gasteiger partial charge in [-0.1, -0.05) is 23.9 Å². The lowest BCUT2D eigenvalue weighted by Gasteiger charge is -2.13. The first-order valence-electron chi connectivity index (χ1n) is 4.98. The minimum Gasteiger partial charge on any atom is -0.481 e. The minimum absolute atomic E-state index is 0.162. The zero-order chi connectivity index (χ0) is 13.8. The van der Waals surface area contributed by atoms with Gasteiger partial charge in [-0.2, -0.15) is 13.2 Å². The van der Waals surface area contributed by atoms with Crippen molar-refractivity contribution in [3.63, 3.8) is 0 Å². The van der Waals surface area contributed by atoms with Gasteiger partial charge in [-0.25, -0.2) is 4.39 Å². The van der Waals surface area contributed by atoms with Gasteiger partial charge in [-0.05, 0) is 24.1 Å². The van der Waals surface area contributed by atoms with Gasteiger partial charge in [0.2, 0.25) is 0 Å². The normalized spacial score (nSPS) is 13.3. The zero-order valence-electron chi connectivity index (χ0n) is 9.08. The van der Waals surface area contributed by atoms with E-state index in [-0.39, 0.29) is 23.9 Å². The number of carbonyl (C=O) groups is 1. The average molecular weight is 282 g/mol. The summed E-state index contributed by atoms with van der Waals surface area (Å²) in [6.45, 7) is 0. The Hall–Kier alpha value is -1.24. The Kier molecular flexibility index (Phi) is 5.01. The molecule has 0 aromatic heterocycles. The maximum Gasteiger partial charge on any atom is 0.441 e. The Morgan fingerprint density at radius 2 is 1.83 bits per heavy atom. The standard InChI is InChI=1S/C11H10F4O2S/c12-8-3-1-7(2-4-8)9(10(16)17)5-6-18-11(13,14)15/h1-4,9H,5-6H2,(H,16,17). The van der Waals surface area contributed by atoms with Crippen LogP contribution in [0.15, 0.2) is 24.3 Å². The number of halogens is 4. The molecule has 7 heteroatoms. The van der Waals surface area contributed by atoms with E-state index in [1.165, 1.54) is 12.1 Å². The van der Waals surface area contributed by atoms with Gasteiger partial charge in [0.25, 0.3) is 0 Å². The summed E-state index contributed by atoms with van der Waals surface area (Å²) >= 11 is -0.260. The summed E-state index contributed by atoms with van der Waals surface area (Å²) in [5, 5.41) is 8.94. The van der Waals surface area contributed by atoms with Gasteiger partial charge >= 0.3 is 11.5 Å². The van der Waals surface area contributed by atoms with Crippen LogP contribution in [0.3, 0.4) is 0 Å². The summed E-state index contributed by atoms with van der Waals surface area (Å²) in [7, 11) is 0. The Morgan fingerprint density at radius 3 is 2.28 bits per heavy atom. The molecule has 0 saturated carbocycles. The molecular formula is C11H10F4O2S. The van der Waals surface area contributed by atoms with Gasteiger partial charge < -0.3 is 5.11 Å². The number of rotatable bonds is 5. The van der Waals surface area contributed by atoms with Crippen molar-refractivity contribution in [2.75, 3.05) is 5.75 Å². The summed E-state index contributed by atoms with van der Waals surface area (Å²) in [4.78, 5) is 11.0. The second-order valence-electron chi connectivity index (χ2n) is 3.53. The van der Waals surface area contributed by atoms with Crippen LogP contribution in [0.5, 0.6) is 0 Å². The van der Waals surface area contributed by atoms with Crippen LogP contribution in [0.1, 0.15) is 17.9 Å². The highest BCUT2D eigenvalue weighted by Gasteiger charge is 2.29. The number of hydrogen-bond acceptors (Lipinski definition) is 2. The molecule has 0 radical (unpaired) electrons. The molecule has 0 heterocycles. The van der Waals surface area contributed by atoms with Crippen molar-refractivity contribution in [2.45, 2.75) is 17.8 Å². The van der Waals surface area contributed by atoms with Crippen LogP contribution in [0, 0.1) is 5.82 Å². The first-order valence-corrected chi connectivity index (χ1v) is 5.97. The van der Waals surface area contributed by atoms with Crippen LogP contribution in [-0.4, -0.2) is 22.3 Å². The number of thioether (sulfide) groups is 1. The molecule has 100 valence electrons. The van der Waals surface area contributed by atoms with E-state index in [1.54, 1.807) is 0 Å². The summed E-state index contributed by atoms with van der Waals surface area (Å²) < 4.78 is 48.4. The molecule has 18 heavy (non-hydrogen) atoms. The summed E-state index contributed by atoms with van der Waals surface area (Å²) in [6, 6.07) is 4.71. The molecule has 2 nitrogen and oxygen atoms in total. The van der Waals surface area contributed by atoms with E-state index in [1.807, 2.05) is 0 Å². The van der Waals surface area contributed by atoms with E-state index in [0.29, 0.717) is 5.56 Å². The largest absolute Gasteiger partial charge is 0.481 e. The van der Waals surface area contributed by atoms with Crippen molar-refractivity contribution in [1.82, 2.24) is 0 Å². The molecule has 0 bridgehead atoms. The molecule has 0 aliphatic heterocycles. The molecule has 1 N–H and O–H groups in total. The molecule has 0 spiro atoms. The molecule has 1 unspecified atom stereocenters. The Bertz CT molecular complexity index is 402. The SMILES string of the molecule is O=C(O)C(CCSC(F)(F)F)c1ccc(F)cc1. The number of carboxylic acids is 1. The van der Waals surface area contributed by atoms with E-state index in [0.717, 1.165) is 12.1 Å². The van der Waals surface area contributed by atoms with Crippen molar-refractivity contribution < 1.29 is 27.5 Å². The lowest BCUT2D eigenvalue weighted by Crippen LogP contribution is -2.14. The predicted octanol–water partition coefficient (Wildman–Crippen LogP) is 3.64. The molecule has 0 fully saturated rings. The van der Waals surface area contributed by atoms with Gasteiger partial charge in [-0.3, -0.25) is 4.79 Å². The summed E-state index contributed by atoms with van der Waals surface area (Å²) in [5.74, 6) is -3.14. The van der Waals surface area contributed by atoms with Gasteiger partial charge in [0.1, 0.15) is 5.82 Å². The number of carboxylic acid groups (broad SMARTS) is 1. The first kappa shape index (κ1) is 14.8. The fourth-order valence-electron chi connectivity index (χ4n) is 1.42. The highest BCUT2D eigenvalue weighted by atomic mass is 32.2. The number of benzene rings is 1.